The summed E-state index contributed by atoms with van der Waals surface area (Å²) in [7, 11) is 0. The summed E-state index contributed by atoms with van der Waals surface area (Å²) in [6.07, 6.45) is 4.89. The summed E-state index contributed by atoms with van der Waals surface area (Å²) in [5.74, 6) is -0.681. The van der Waals surface area contributed by atoms with Crippen molar-refractivity contribution in [2.45, 2.75) is 39.5 Å². The number of unbranched alkanes of at least 4 members (excludes halogenated alkanes) is 2. The summed E-state index contributed by atoms with van der Waals surface area (Å²) in [5.41, 5.74) is 5.82. The largest absolute Gasteiger partial charge is 0.383 e. The van der Waals surface area contributed by atoms with E-state index in [0.717, 1.165) is 37.9 Å². The second-order valence-electron chi connectivity index (χ2n) is 4.59. The molecule has 1 amide bonds. The van der Waals surface area contributed by atoms with Crippen LogP contribution < -0.4 is 5.73 Å². The number of hydrogen-bond acceptors (Lipinski definition) is 3. The van der Waals surface area contributed by atoms with Crippen molar-refractivity contribution < 1.29 is 9.18 Å². The molecule has 106 valence electrons. The van der Waals surface area contributed by atoms with Crippen molar-refractivity contribution >= 4 is 11.7 Å². The maximum Gasteiger partial charge on any atom is 0.257 e. The molecule has 0 atom stereocenters. The van der Waals surface area contributed by atoms with Gasteiger partial charge in [-0.15, -0.1) is 0 Å². The van der Waals surface area contributed by atoms with Gasteiger partial charge in [-0.2, -0.15) is 0 Å². The Morgan fingerprint density at radius 2 is 1.89 bits per heavy atom. The number of aromatic nitrogens is 1. The van der Waals surface area contributed by atoms with E-state index in [1.54, 1.807) is 4.90 Å². The minimum Gasteiger partial charge on any atom is -0.383 e. The molecule has 0 saturated carbocycles. The van der Waals surface area contributed by atoms with E-state index in [-0.39, 0.29) is 17.3 Å². The fraction of sp³-hybridized carbons (Fsp3) is 0.571. The highest BCUT2D eigenvalue weighted by Crippen LogP contribution is 2.14. The van der Waals surface area contributed by atoms with E-state index >= 15 is 0 Å². The van der Waals surface area contributed by atoms with Gasteiger partial charge < -0.3 is 10.6 Å². The first-order valence-electron chi connectivity index (χ1n) is 6.80. The Bertz CT molecular complexity index is 415. The molecule has 0 aliphatic heterocycles. The molecule has 0 aliphatic rings. The molecule has 0 spiro atoms. The lowest BCUT2D eigenvalue weighted by atomic mass is 10.2. The summed E-state index contributed by atoms with van der Waals surface area (Å²) in [6.45, 7) is 5.48. The molecule has 4 nitrogen and oxygen atoms in total. The number of rotatable bonds is 7. The highest BCUT2D eigenvalue weighted by Gasteiger charge is 2.18. The Morgan fingerprint density at radius 3 is 2.42 bits per heavy atom. The smallest absolute Gasteiger partial charge is 0.257 e. The minimum absolute atomic E-state index is 0.0874. The molecule has 0 bridgehead atoms. The van der Waals surface area contributed by atoms with Crippen LogP contribution in [0.3, 0.4) is 0 Å². The summed E-state index contributed by atoms with van der Waals surface area (Å²) < 4.78 is 13.2. The standard InChI is InChI=1S/C14H22FN3O/c1-3-5-7-18(8-6-4-2)14(19)12-9-11(15)10-17-13(12)16/h9-10H,3-8H2,1-2H3,(H2,16,17). The predicted octanol–water partition coefficient (Wildman–Crippen LogP) is 2.85. The van der Waals surface area contributed by atoms with E-state index in [2.05, 4.69) is 18.8 Å². The van der Waals surface area contributed by atoms with Crippen molar-refractivity contribution in [3.05, 3.63) is 23.6 Å². The average molecular weight is 267 g/mol. The first-order valence-corrected chi connectivity index (χ1v) is 6.80. The number of hydrogen-bond donors (Lipinski definition) is 1. The van der Waals surface area contributed by atoms with Gasteiger partial charge in [-0.25, -0.2) is 9.37 Å². The van der Waals surface area contributed by atoms with Gasteiger partial charge in [0.05, 0.1) is 11.8 Å². The van der Waals surface area contributed by atoms with Gasteiger partial charge in [-0.1, -0.05) is 26.7 Å². The van der Waals surface area contributed by atoms with Crippen LogP contribution in [0.2, 0.25) is 0 Å². The summed E-state index contributed by atoms with van der Waals surface area (Å²) in [5, 5.41) is 0. The molecular formula is C14H22FN3O. The van der Waals surface area contributed by atoms with Gasteiger partial charge in [0.25, 0.3) is 5.91 Å². The van der Waals surface area contributed by atoms with E-state index in [4.69, 9.17) is 5.73 Å². The fourth-order valence-electron chi connectivity index (χ4n) is 1.80. The highest BCUT2D eigenvalue weighted by molar-refractivity contribution is 5.98. The second-order valence-corrected chi connectivity index (χ2v) is 4.59. The molecule has 19 heavy (non-hydrogen) atoms. The lowest BCUT2D eigenvalue weighted by molar-refractivity contribution is 0.0751. The Hall–Kier alpha value is -1.65. The van der Waals surface area contributed by atoms with Gasteiger partial charge in [-0.3, -0.25) is 4.79 Å². The average Bonchev–Trinajstić information content (AvgIpc) is 2.41. The lowest BCUT2D eigenvalue weighted by Gasteiger charge is -2.22. The third kappa shape index (κ3) is 4.50. The Kier molecular flexibility index (Phi) is 6.25. The van der Waals surface area contributed by atoms with Crippen molar-refractivity contribution in [1.82, 2.24) is 9.88 Å². The van der Waals surface area contributed by atoms with E-state index in [1.807, 2.05) is 0 Å². The fourth-order valence-corrected chi connectivity index (χ4v) is 1.80. The number of amides is 1. The van der Waals surface area contributed by atoms with Gasteiger partial charge in [0.15, 0.2) is 0 Å². The van der Waals surface area contributed by atoms with Crippen LogP contribution >= 0.6 is 0 Å². The summed E-state index contributed by atoms with van der Waals surface area (Å²) in [4.78, 5) is 17.8. The highest BCUT2D eigenvalue weighted by atomic mass is 19.1. The second kappa shape index (κ2) is 7.71. The van der Waals surface area contributed by atoms with Gasteiger partial charge in [0, 0.05) is 13.1 Å². The van der Waals surface area contributed by atoms with Gasteiger partial charge in [-0.05, 0) is 18.9 Å². The molecule has 1 heterocycles. The number of pyridine rings is 1. The van der Waals surface area contributed by atoms with Crippen molar-refractivity contribution in [1.29, 1.82) is 0 Å². The third-order valence-electron chi connectivity index (χ3n) is 2.97. The molecule has 1 rings (SSSR count). The first kappa shape index (κ1) is 15.4. The quantitative estimate of drug-likeness (QED) is 0.826. The maximum absolute atomic E-state index is 13.2. The lowest BCUT2D eigenvalue weighted by Crippen LogP contribution is -2.33. The zero-order chi connectivity index (χ0) is 14.3. The van der Waals surface area contributed by atoms with Crippen LogP contribution in [0.1, 0.15) is 49.9 Å². The molecular weight excluding hydrogens is 245 g/mol. The molecule has 1 aromatic rings. The molecule has 0 radical (unpaired) electrons. The van der Waals surface area contributed by atoms with E-state index in [1.165, 1.54) is 0 Å². The SMILES string of the molecule is CCCCN(CCCC)C(=O)c1cc(F)cnc1N. The normalized spacial score (nSPS) is 10.5. The number of carbonyl (C=O) groups is 1. The van der Waals surface area contributed by atoms with Crippen molar-refractivity contribution in [2.24, 2.45) is 0 Å². The van der Waals surface area contributed by atoms with Crippen LogP contribution in [0.4, 0.5) is 10.2 Å². The van der Waals surface area contributed by atoms with Crippen LogP contribution in [0.5, 0.6) is 0 Å². The number of halogens is 1. The Balaban J connectivity index is 2.87. The Morgan fingerprint density at radius 1 is 1.32 bits per heavy atom. The molecule has 0 aliphatic carbocycles. The van der Waals surface area contributed by atoms with E-state index in [9.17, 15) is 9.18 Å². The monoisotopic (exact) mass is 267 g/mol. The van der Waals surface area contributed by atoms with Gasteiger partial charge in [0.1, 0.15) is 11.6 Å². The molecule has 2 N–H and O–H groups in total. The zero-order valence-electron chi connectivity index (χ0n) is 11.7. The summed E-state index contributed by atoms with van der Waals surface area (Å²) >= 11 is 0. The van der Waals surface area contributed by atoms with Gasteiger partial charge >= 0.3 is 0 Å². The predicted molar refractivity (Wildman–Crippen MR) is 74.3 cm³/mol. The van der Waals surface area contributed by atoms with Crippen LogP contribution in [-0.4, -0.2) is 28.9 Å². The number of carbonyl (C=O) groups excluding carboxylic acids is 1. The third-order valence-corrected chi connectivity index (χ3v) is 2.97. The molecule has 1 aromatic heterocycles. The maximum atomic E-state index is 13.2. The molecule has 0 unspecified atom stereocenters. The van der Waals surface area contributed by atoms with Crippen molar-refractivity contribution in [3.63, 3.8) is 0 Å². The van der Waals surface area contributed by atoms with Crippen molar-refractivity contribution in [3.8, 4) is 0 Å². The van der Waals surface area contributed by atoms with Crippen molar-refractivity contribution in [2.75, 3.05) is 18.8 Å². The van der Waals surface area contributed by atoms with Crippen LogP contribution in [0.25, 0.3) is 0 Å². The topological polar surface area (TPSA) is 59.2 Å². The van der Waals surface area contributed by atoms with Gasteiger partial charge in [0.2, 0.25) is 0 Å². The van der Waals surface area contributed by atoms with Crippen LogP contribution in [0.15, 0.2) is 12.3 Å². The molecule has 0 aromatic carbocycles. The Labute approximate surface area is 113 Å². The zero-order valence-corrected chi connectivity index (χ0v) is 11.7. The first-order chi connectivity index (χ1) is 9.10. The molecule has 0 fully saturated rings. The minimum atomic E-state index is -0.538. The molecule has 0 saturated heterocycles. The van der Waals surface area contributed by atoms with E-state index < -0.39 is 5.82 Å². The number of nitrogens with two attached hydrogens (primary N) is 1. The van der Waals surface area contributed by atoms with Crippen LogP contribution in [-0.2, 0) is 0 Å². The summed E-state index contributed by atoms with van der Waals surface area (Å²) in [6, 6.07) is 1.16. The van der Waals surface area contributed by atoms with Crippen LogP contribution in [0, 0.1) is 5.82 Å². The number of nitrogen functional groups attached to an aromatic ring is 1. The molecule has 5 heteroatoms. The van der Waals surface area contributed by atoms with E-state index in [0.29, 0.717) is 13.1 Å². The number of anilines is 1. The number of nitrogens with zero attached hydrogens (tertiary/aromatic N) is 2.